The molecule has 0 radical (unpaired) electrons. The highest BCUT2D eigenvalue weighted by atomic mass is 79.9. The number of fused-ring (bicyclic) bond motifs is 1. The third kappa shape index (κ3) is 3.24. The fraction of sp³-hybridized carbons (Fsp3) is 0.250. The summed E-state index contributed by atoms with van der Waals surface area (Å²) in [6.07, 6.45) is -0.00452. The standard InChI is InChI=1S/C20H20BrNO2/c1-20(2,3)13-7-8-17-15(10-13)16(11-18(23)24)19(22-17)12-5-4-6-14(21)9-12/h4-10,22H,11H2,1-3H3,(H,23,24). The first kappa shape index (κ1) is 16.8. The molecule has 3 nitrogen and oxygen atoms in total. The number of rotatable bonds is 3. The maximum absolute atomic E-state index is 11.4. The van der Waals surface area contributed by atoms with Crippen LogP contribution in [0.3, 0.4) is 0 Å². The number of H-pyrrole nitrogens is 1. The Morgan fingerprint density at radius 1 is 1.17 bits per heavy atom. The lowest BCUT2D eigenvalue weighted by molar-refractivity contribution is -0.136. The van der Waals surface area contributed by atoms with Gasteiger partial charge in [0.05, 0.1) is 12.1 Å². The molecule has 1 heterocycles. The average Bonchev–Trinajstić information content (AvgIpc) is 2.84. The van der Waals surface area contributed by atoms with Crippen LogP contribution in [0.4, 0.5) is 0 Å². The molecule has 0 aliphatic heterocycles. The van der Waals surface area contributed by atoms with Crippen LogP contribution in [0.2, 0.25) is 0 Å². The molecule has 0 atom stereocenters. The zero-order chi connectivity index (χ0) is 17.5. The Bertz CT molecular complexity index is 919. The first-order chi connectivity index (χ1) is 11.3. The van der Waals surface area contributed by atoms with E-state index < -0.39 is 5.97 Å². The number of aromatic amines is 1. The second-order valence-corrected chi connectivity index (χ2v) is 7.99. The van der Waals surface area contributed by atoms with Crippen LogP contribution in [0.1, 0.15) is 31.9 Å². The van der Waals surface area contributed by atoms with Crippen molar-refractivity contribution < 1.29 is 9.90 Å². The van der Waals surface area contributed by atoms with Crippen LogP contribution < -0.4 is 0 Å². The number of aromatic nitrogens is 1. The van der Waals surface area contributed by atoms with E-state index in [-0.39, 0.29) is 11.8 Å². The third-order valence-electron chi connectivity index (χ3n) is 4.21. The van der Waals surface area contributed by atoms with Gasteiger partial charge in [-0.05, 0) is 46.4 Å². The quantitative estimate of drug-likeness (QED) is 0.623. The van der Waals surface area contributed by atoms with Gasteiger partial charge in [-0.1, -0.05) is 54.9 Å². The molecule has 124 valence electrons. The summed E-state index contributed by atoms with van der Waals surface area (Å²) in [7, 11) is 0. The van der Waals surface area contributed by atoms with Crippen molar-refractivity contribution in [2.45, 2.75) is 32.6 Å². The Morgan fingerprint density at radius 3 is 2.54 bits per heavy atom. The lowest BCUT2D eigenvalue weighted by Crippen LogP contribution is -2.10. The van der Waals surface area contributed by atoms with Gasteiger partial charge in [0, 0.05) is 15.4 Å². The van der Waals surface area contributed by atoms with E-state index in [0.29, 0.717) is 0 Å². The van der Waals surface area contributed by atoms with Crippen molar-refractivity contribution in [3.63, 3.8) is 0 Å². The molecule has 4 heteroatoms. The first-order valence-electron chi connectivity index (χ1n) is 7.88. The Hall–Kier alpha value is -2.07. The van der Waals surface area contributed by atoms with Crippen LogP contribution >= 0.6 is 15.9 Å². The summed E-state index contributed by atoms with van der Waals surface area (Å²) in [5.74, 6) is -0.826. The van der Waals surface area contributed by atoms with E-state index in [1.165, 1.54) is 5.56 Å². The van der Waals surface area contributed by atoms with Gasteiger partial charge in [-0.3, -0.25) is 4.79 Å². The number of halogens is 1. The molecular formula is C20H20BrNO2. The topological polar surface area (TPSA) is 53.1 Å². The predicted octanol–water partition coefficient (Wildman–Crippen LogP) is 5.52. The molecule has 0 saturated carbocycles. The minimum absolute atomic E-state index is 0.00452. The molecule has 0 spiro atoms. The van der Waals surface area contributed by atoms with Crippen molar-refractivity contribution in [1.82, 2.24) is 4.98 Å². The van der Waals surface area contributed by atoms with Gasteiger partial charge < -0.3 is 10.1 Å². The van der Waals surface area contributed by atoms with Gasteiger partial charge in [0.25, 0.3) is 0 Å². The van der Waals surface area contributed by atoms with E-state index in [2.05, 4.69) is 53.8 Å². The van der Waals surface area contributed by atoms with Crippen molar-refractivity contribution >= 4 is 32.8 Å². The number of benzene rings is 2. The number of carboxylic acids is 1. The summed E-state index contributed by atoms with van der Waals surface area (Å²) >= 11 is 3.49. The van der Waals surface area contributed by atoms with E-state index in [1.807, 2.05) is 30.3 Å². The smallest absolute Gasteiger partial charge is 0.307 e. The minimum atomic E-state index is -0.826. The molecule has 3 rings (SSSR count). The van der Waals surface area contributed by atoms with Gasteiger partial charge in [0.2, 0.25) is 0 Å². The summed E-state index contributed by atoms with van der Waals surface area (Å²) in [5, 5.41) is 10.4. The van der Waals surface area contributed by atoms with Gasteiger partial charge in [0.1, 0.15) is 0 Å². The molecule has 0 fully saturated rings. The summed E-state index contributed by atoms with van der Waals surface area (Å²) < 4.78 is 0.968. The highest BCUT2D eigenvalue weighted by molar-refractivity contribution is 9.10. The number of nitrogens with one attached hydrogen (secondary N) is 1. The fourth-order valence-electron chi connectivity index (χ4n) is 2.94. The Kier molecular flexibility index (Phi) is 4.26. The number of aliphatic carboxylic acids is 1. The SMILES string of the molecule is CC(C)(C)c1ccc2[nH]c(-c3cccc(Br)c3)c(CC(=O)O)c2c1. The van der Waals surface area contributed by atoms with Gasteiger partial charge in [0.15, 0.2) is 0 Å². The molecule has 0 unspecified atom stereocenters. The summed E-state index contributed by atoms with van der Waals surface area (Å²) in [4.78, 5) is 14.8. The Morgan fingerprint density at radius 2 is 1.92 bits per heavy atom. The van der Waals surface area contributed by atoms with Crippen molar-refractivity contribution in [2.75, 3.05) is 0 Å². The second kappa shape index (κ2) is 6.10. The number of carboxylic acid groups (broad SMARTS) is 1. The third-order valence-corrected chi connectivity index (χ3v) is 4.71. The number of hydrogen-bond acceptors (Lipinski definition) is 1. The first-order valence-corrected chi connectivity index (χ1v) is 8.68. The zero-order valence-electron chi connectivity index (χ0n) is 14.0. The summed E-state index contributed by atoms with van der Waals surface area (Å²) in [6.45, 7) is 6.48. The molecule has 0 saturated heterocycles. The molecule has 2 N–H and O–H groups in total. The van der Waals surface area contributed by atoms with E-state index in [9.17, 15) is 9.90 Å². The number of hydrogen-bond donors (Lipinski definition) is 2. The highest BCUT2D eigenvalue weighted by Crippen LogP contribution is 2.34. The van der Waals surface area contributed by atoms with E-state index in [1.54, 1.807) is 0 Å². The molecular weight excluding hydrogens is 366 g/mol. The Labute approximate surface area is 149 Å². The van der Waals surface area contributed by atoms with Crippen LogP contribution in [0.5, 0.6) is 0 Å². The maximum atomic E-state index is 11.4. The Balaban J connectivity index is 2.27. The lowest BCUT2D eigenvalue weighted by atomic mass is 9.86. The van der Waals surface area contributed by atoms with Crippen LogP contribution in [-0.4, -0.2) is 16.1 Å². The highest BCUT2D eigenvalue weighted by Gasteiger charge is 2.19. The van der Waals surface area contributed by atoms with E-state index in [0.717, 1.165) is 32.2 Å². The van der Waals surface area contributed by atoms with Crippen LogP contribution in [-0.2, 0) is 16.6 Å². The summed E-state index contributed by atoms with van der Waals surface area (Å²) in [6, 6.07) is 14.2. The van der Waals surface area contributed by atoms with Crippen molar-refractivity contribution in [2.24, 2.45) is 0 Å². The molecule has 0 aliphatic rings. The summed E-state index contributed by atoms with van der Waals surface area (Å²) in [5.41, 5.74) is 4.87. The van der Waals surface area contributed by atoms with Gasteiger partial charge in [-0.25, -0.2) is 0 Å². The molecule has 2 aromatic carbocycles. The normalized spacial score (nSPS) is 11.8. The van der Waals surface area contributed by atoms with Gasteiger partial charge >= 0.3 is 5.97 Å². The number of carbonyl (C=O) groups is 1. The van der Waals surface area contributed by atoms with Crippen LogP contribution in [0, 0.1) is 0 Å². The molecule has 3 aromatic rings. The second-order valence-electron chi connectivity index (χ2n) is 7.07. The largest absolute Gasteiger partial charge is 0.481 e. The van der Waals surface area contributed by atoms with Gasteiger partial charge in [-0.15, -0.1) is 0 Å². The molecule has 24 heavy (non-hydrogen) atoms. The van der Waals surface area contributed by atoms with Crippen LogP contribution in [0.25, 0.3) is 22.2 Å². The van der Waals surface area contributed by atoms with Crippen LogP contribution in [0.15, 0.2) is 46.9 Å². The van der Waals surface area contributed by atoms with Crippen molar-refractivity contribution in [3.05, 3.63) is 58.1 Å². The van der Waals surface area contributed by atoms with Gasteiger partial charge in [-0.2, -0.15) is 0 Å². The monoisotopic (exact) mass is 385 g/mol. The fourth-order valence-corrected chi connectivity index (χ4v) is 3.34. The molecule has 0 bridgehead atoms. The van der Waals surface area contributed by atoms with E-state index >= 15 is 0 Å². The van der Waals surface area contributed by atoms with Crippen molar-refractivity contribution in [3.8, 4) is 11.3 Å². The average molecular weight is 386 g/mol. The van der Waals surface area contributed by atoms with E-state index in [4.69, 9.17) is 0 Å². The molecule has 1 aromatic heterocycles. The minimum Gasteiger partial charge on any atom is -0.481 e. The molecule has 0 aliphatic carbocycles. The zero-order valence-corrected chi connectivity index (χ0v) is 15.6. The predicted molar refractivity (Wildman–Crippen MR) is 101 cm³/mol. The lowest BCUT2D eigenvalue weighted by Gasteiger charge is -2.19. The maximum Gasteiger partial charge on any atom is 0.307 e. The molecule has 0 amide bonds. The van der Waals surface area contributed by atoms with Crippen molar-refractivity contribution in [1.29, 1.82) is 0 Å².